The van der Waals surface area contributed by atoms with Crippen LogP contribution >= 0.6 is 0 Å². The number of fused-ring (bicyclic) bond motifs is 1. The molecule has 1 aliphatic rings. The molecule has 0 radical (unpaired) electrons. The predicted molar refractivity (Wildman–Crippen MR) is 82.8 cm³/mol. The van der Waals surface area contributed by atoms with Gasteiger partial charge in [-0.3, -0.25) is 0 Å². The number of ether oxygens (including phenoxy) is 1. The van der Waals surface area contributed by atoms with E-state index in [1.165, 1.54) is 6.20 Å². The van der Waals surface area contributed by atoms with Crippen LogP contribution in [-0.2, 0) is 0 Å². The number of piperidine rings is 1. The highest BCUT2D eigenvalue weighted by Crippen LogP contribution is 2.30. The summed E-state index contributed by atoms with van der Waals surface area (Å²) in [6.45, 7) is 0.582. The predicted octanol–water partition coefficient (Wildman–Crippen LogP) is 3.34. The summed E-state index contributed by atoms with van der Waals surface area (Å²) in [5.41, 5.74) is 0.897. The summed E-state index contributed by atoms with van der Waals surface area (Å²) in [5, 5.41) is 8.18. The van der Waals surface area contributed by atoms with Crippen molar-refractivity contribution < 1.29 is 17.9 Å². The van der Waals surface area contributed by atoms with E-state index in [1.54, 1.807) is 18.2 Å². The highest BCUT2D eigenvalue weighted by Gasteiger charge is 2.29. The van der Waals surface area contributed by atoms with Crippen LogP contribution < -0.4 is 15.4 Å². The van der Waals surface area contributed by atoms with Gasteiger partial charge in [0.25, 0.3) is 0 Å². The van der Waals surface area contributed by atoms with Crippen molar-refractivity contribution in [3.63, 3.8) is 0 Å². The molecule has 7 heteroatoms. The molecule has 0 unspecified atom stereocenters. The Morgan fingerprint density at radius 3 is 2.70 bits per heavy atom. The smallest absolute Gasteiger partial charge is 0.422 e. The normalized spacial score (nSPS) is 16.5. The number of pyridine rings is 1. The van der Waals surface area contributed by atoms with Crippen molar-refractivity contribution in [3.8, 4) is 5.88 Å². The van der Waals surface area contributed by atoms with Crippen LogP contribution in [0.15, 0.2) is 30.5 Å². The minimum Gasteiger partial charge on any atom is -0.468 e. The largest absolute Gasteiger partial charge is 0.468 e. The van der Waals surface area contributed by atoms with E-state index in [0.29, 0.717) is 11.4 Å². The van der Waals surface area contributed by atoms with Crippen LogP contribution in [0.4, 0.5) is 18.9 Å². The van der Waals surface area contributed by atoms with Crippen LogP contribution in [0, 0.1) is 0 Å². The molecule has 1 aromatic carbocycles. The van der Waals surface area contributed by atoms with Crippen molar-refractivity contribution >= 4 is 16.5 Å². The molecular weight excluding hydrogens is 307 g/mol. The van der Waals surface area contributed by atoms with Crippen LogP contribution in [-0.4, -0.2) is 36.9 Å². The number of benzene rings is 1. The quantitative estimate of drug-likeness (QED) is 0.905. The second-order valence-electron chi connectivity index (χ2n) is 5.59. The summed E-state index contributed by atoms with van der Waals surface area (Å²) in [6.07, 6.45) is -0.881. The molecule has 3 rings (SSSR count). The molecule has 0 bridgehead atoms. The van der Waals surface area contributed by atoms with Crippen molar-refractivity contribution in [2.75, 3.05) is 25.0 Å². The van der Waals surface area contributed by atoms with Crippen LogP contribution in [0.3, 0.4) is 0 Å². The summed E-state index contributed by atoms with van der Waals surface area (Å²) in [6, 6.07) is 7.60. The molecule has 2 heterocycles. The lowest BCUT2D eigenvalue weighted by molar-refractivity contribution is -0.153. The number of aromatic nitrogens is 1. The minimum atomic E-state index is -4.38. The maximum Gasteiger partial charge on any atom is 0.422 e. The Labute approximate surface area is 132 Å². The monoisotopic (exact) mass is 325 g/mol. The van der Waals surface area contributed by atoms with Gasteiger partial charge in [-0.2, -0.15) is 13.2 Å². The lowest BCUT2D eigenvalue weighted by Crippen LogP contribution is -2.35. The molecule has 124 valence electrons. The van der Waals surface area contributed by atoms with Crippen LogP contribution in [0.5, 0.6) is 5.88 Å². The number of anilines is 1. The van der Waals surface area contributed by atoms with Crippen molar-refractivity contribution in [3.05, 3.63) is 30.5 Å². The minimum absolute atomic E-state index is 0.00814. The van der Waals surface area contributed by atoms with Gasteiger partial charge in [0.2, 0.25) is 5.88 Å². The Kier molecular flexibility index (Phi) is 4.56. The van der Waals surface area contributed by atoms with E-state index < -0.39 is 12.8 Å². The van der Waals surface area contributed by atoms with Gasteiger partial charge in [-0.05, 0) is 44.1 Å². The number of hydrogen-bond acceptors (Lipinski definition) is 4. The Bertz CT molecular complexity index is 669. The molecule has 0 saturated carbocycles. The average molecular weight is 325 g/mol. The van der Waals surface area contributed by atoms with Gasteiger partial charge in [-0.15, -0.1) is 0 Å². The van der Waals surface area contributed by atoms with E-state index in [-0.39, 0.29) is 5.88 Å². The zero-order valence-corrected chi connectivity index (χ0v) is 12.5. The Balaban J connectivity index is 1.85. The van der Waals surface area contributed by atoms with Gasteiger partial charge in [0.05, 0.1) is 0 Å². The van der Waals surface area contributed by atoms with E-state index >= 15 is 0 Å². The molecule has 1 aliphatic heterocycles. The lowest BCUT2D eigenvalue weighted by atomic mass is 10.0. The summed E-state index contributed by atoms with van der Waals surface area (Å²) < 4.78 is 41.9. The molecule has 0 atom stereocenters. The van der Waals surface area contributed by atoms with Gasteiger partial charge in [-0.1, -0.05) is 6.07 Å². The Hall–Kier alpha value is -2.02. The second kappa shape index (κ2) is 6.62. The summed E-state index contributed by atoms with van der Waals surface area (Å²) in [4.78, 5) is 3.94. The zero-order chi connectivity index (χ0) is 16.3. The third kappa shape index (κ3) is 4.04. The second-order valence-corrected chi connectivity index (χ2v) is 5.59. The van der Waals surface area contributed by atoms with Crippen molar-refractivity contribution in [2.45, 2.75) is 25.1 Å². The van der Waals surface area contributed by atoms with Crippen molar-refractivity contribution in [1.82, 2.24) is 10.3 Å². The number of alkyl halides is 3. The fourth-order valence-corrected chi connectivity index (χ4v) is 2.76. The van der Waals surface area contributed by atoms with Crippen molar-refractivity contribution in [1.29, 1.82) is 0 Å². The fourth-order valence-electron chi connectivity index (χ4n) is 2.76. The topological polar surface area (TPSA) is 46.2 Å². The van der Waals surface area contributed by atoms with Gasteiger partial charge < -0.3 is 15.4 Å². The highest BCUT2D eigenvalue weighted by atomic mass is 19.4. The molecular formula is C16H18F3N3O. The molecule has 0 spiro atoms. The van der Waals surface area contributed by atoms with Gasteiger partial charge >= 0.3 is 6.18 Å². The maximum atomic E-state index is 12.4. The number of rotatable bonds is 4. The van der Waals surface area contributed by atoms with E-state index in [1.807, 2.05) is 6.07 Å². The number of halogens is 3. The van der Waals surface area contributed by atoms with Crippen LogP contribution in [0.1, 0.15) is 12.8 Å². The van der Waals surface area contributed by atoms with E-state index in [0.717, 1.165) is 37.0 Å². The summed E-state index contributed by atoms with van der Waals surface area (Å²) in [7, 11) is 0. The summed E-state index contributed by atoms with van der Waals surface area (Å²) >= 11 is 0. The Morgan fingerprint density at radius 1 is 1.17 bits per heavy atom. The molecule has 1 fully saturated rings. The Morgan fingerprint density at radius 2 is 1.96 bits per heavy atom. The highest BCUT2D eigenvalue weighted by molar-refractivity contribution is 5.96. The van der Waals surface area contributed by atoms with Gasteiger partial charge in [-0.25, -0.2) is 4.98 Å². The van der Waals surface area contributed by atoms with Gasteiger partial charge in [0.15, 0.2) is 6.61 Å². The fraction of sp³-hybridized carbons (Fsp3) is 0.438. The molecule has 4 nitrogen and oxygen atoms in total. The van der Waals surface area contributed by atoms with Gasteiger partial charge in [0, 0.05) is 28.7 Å². The van der Waals surface area contributed by atoms with Crippen LogP contribution in [0.25, 0.3) is 10.8 Å². The molecule has 0 amide bonds. The average Bonchev–Trinajstić information content (AvgIpc) is 2.53. The first-order valence-corrected chi connectivity index (χ1v) is 7.57. The third-order valence-corrected chi connectivity index (χ3v) is 3.84. The van der Waals surface area contributed by atoms with Gasteiger partial charge in [0.1, 0.15) is 0 Å². The van der Waals surface area contributed by atoms with E-state index in [4.69, 9.17) is 4.74 Å². The molecule has 1 saturated heterocycles. The summed E-state index contributed by atoms with van der Waals surface area (Å²) in [5.74, 6) is 0.00814. The number of nitrogens with zero attached hydrogens (tertiary/aromatic N) is 1. The SMILES string of the molecule is FC(F)(F)COc1nccc2c(NC3CCNCC3)cccc12. The van der Waals surface area contributed by atoms with E-state index in [2.05, 4.69) is 15.6 Å². The first kappa shape index (κ1) is 15.9. The first-order valence-electron chi connectivity index (χ1n) is 7.57. The molecule has 23 heavy (non-hydrogen) atoms. The lowest BCUT2D eigenvalue weighted by Gasteiger charge is -2.25. The van der Waals surface area contributed by atoms with Crippen molar-refractivity contribution in [2.24, 2.45) is 0 Å². The maximum absolute atomic E-state index is 12.4. The third-order valence-electron chi connectivity index (χ3n) is 3.84. The molecule has 2 aromatic rings. The van der Waals surface area contributed by atoms with Crippen LogP contribution in [0.2, 0.25) is 0 Å². The standard InChI is InChI=1S/C16H18F3N3O/c17-16(18,19)10-23-15-13-2-1-3-14(12(13)6-9-21-15)22-11-4-7-20-8-5-11/h1-3,6,9,11,20,22H,4-5,7-8,10H2. The number of hydrogen-bond donors (Lipinski definition) is 2. The molecule has 2 N–H and O–H groups in total. The van der Waals surface area contributed by atoms with E-state index in [9.17, 15) is 13.2 Å². The molecule has 0 aliphatic carbocycles. The zero-order valence-electron chi connectivity index (χ0n) is 12.5. The molecule has 1 aromatic heterocycles. The first-order chi connectivity index (χ1) is 11.0. The number of nitrogens with one attached hydrogen (secondary N) is 2.